The van der Waals surface area contributed by atoms with Crippen LogP contribution in [0.1, 0.15) is 15.9 Å². The summed E-state index contributed by atoms with van der Waals surface area (Å²) in [5.41, 5.74) is 2.61. The molecule has 0 saturated heterocycles. The molecular weight excluding hydrogens is 485 g/mol. The largest absolute Gasteiger partial charge is 0.350 e. The minimum Gasteiger partial charge on any atom is -0.350 e. The van der Waals surface area contributed by atoms with Gasteiger partial charge in [-0.1, -0.05) is 46.9 Å². The second-order valence-corrected chi connectivity index (χ2v) is 8.46. The highest BCUT2D eigenvalue weighted by molar-refractivity contribution is 6.53. The molecule has 6 nitrogen and oxygen atoms in total. The molecule has 1 aliphatic rings. The Labute approximate surface area is 204 Å². The number of carbonyl (C=O) groups is 3. The summed E-state index contributed by atoms with van der Waals surface area (Å²) < 4.78 is 0. The summed E-state index contributed by atoms with van der Waals surface area (Å²) in [6.07, 6.45) is 0. The van der Waals surface area contributed by atoms with Crippen LogP contribution in [-0.4, -0.2) is 17.7 Å². The van der Waals surface area contributed by atoms with Crippen LogP contribution in [0.2, 0.25) is 10.0 Å². The van der Waals surface area contributed by atoms with Crippen molar-refractivity contribution in [2.75, 3.05) is 15.5 Å². The summed E-state index contributed by atoms with van der Waals surface area (Å²) in [6, 6.07) is 18.0. The van der Waals surface area contributed by atoms with Gasteiger partial charge in [-0.3, -0.25) is 14.4 Å². The number of anilines is 3. The second kappa shape index (κ2) is 9.27. The Bertz CT molecular complexity index is 1320. The standard InChI is InChI=1S/C24H16Cl3N3O3/c1-13-5-8-17(12-19(13)26)29-22(31)14-6-9-16(10-7-14)28-21-20(27)23(32)30(24(21)33)18-4-2-3-15(25)11-18/h2-12,28H,1H3,(H,29,31). The minimum atomic E-state index is -0.654. The van der Waals surface area contributed by atoms with Gasteiger partial charge in [0.15, 0.2) is 0 Å². The number of hydrogen-bond donors (Lipinski definition) is 2. The molecule has 0 fully saturated rings. The predicted octanol–water partition coefficient (Wildman–Crippen LogP) is 5.99. The van der Waals surface area contributed by atoms with E-state index >= 15 is 0 Å². The molecular formula is C24H16Cl3N3O3. The number of rotatable bonds is 5. The summed E-state index contributed by atoms with van der Waals surface area (Å²) in [6.45, 7) is 1.87. The monoisotopic (exact) mass is 499 g/mol. The molecule has 3 aromatic rings. The normalized spacial score (nSPS) is 13.5. The van der Waals surface area contributed by atoms with Crippen molar-refractivity contribution in [1.82, 2.24) is 0 Å². The lowest BCUT2D eigenvalue weighted by molar-refractivity contribution is -0.120. The molecule has 3 amide bonds. The number of hydrogen-bond acceptors (Lipinski definition) is 4. The maximum absolute atomic E-state index is 12.9. The number of benzene rings is 3. The topological polar surface area (TPSA) is 78.5 Å². The van der Waals surface area contributed by atoms with E-state index in [9.17, 15) is 14.4 Å². The van der Waals surface area contributed by atoms with Gasteiger partial charge in [-0.05, 0) is 67.1 Å². The molecule has 1 heterocycles. The van der Waals surface area contributed by atoms with E-state index in [-0.39, 0.29) is 16.6 Å². The molecule has 0 bridgehead atoms. The number of aryl methyl sites for hydroxylation is 1. The van der Waals surface area contributed by atoms with Crippen LogP contribution in [0.5, 0.6) is 0 Å². The highest BCUT2D eigenvalue weighted by Gasteiger charge is 2.39. The highest BCUT2D eigenvalue weighted by Crippen LogP contribution is 2.31. The van der Waals surface area contributed by atoms with E-state index in [1.165, 1.54) is 6.07 Å². The van der Waals surface area contributed by atoms with Crippen molar-refractivity contribution in [1.29, 1.82) is 0 Å². The van der Waals surface area contributed by atoms with Crippen LogP contribution in [0.4, 0.5) is 17.1 Å². The highest BCUT2D eigenvalue weighted by atomic mass is 35.5. The van der Waals surface area contributed by atoms with Crippen molar-refractivity contribution in [3.05, 3.63) is 98.6 Å². The third-order valence-corrected chi connectivity index (χ3v) is 5.93. The summed E-state index contributed by atoms with van der Waals surface area (Å²) >= 11 is 18.2. The van der Waals surface area contributed by atoms with E-state index < -0.39 is 11.8 Å². The average molecular weight is 501 g/mol. The molecule has 33 heavy (non-hydrogen) atoms. The van der Waals surface area contributed by atoms with Gasteiger partial charge in [-0.15, -0.1) is 0 Å². The third kappa shape index (κ3) is 4.73. The molecule has 4 rings (SSSR count). The lowest BCUT2D eigenvalue weighted by Gasteiger charge is -2.15. The number of amides is 3. The van der Waals surface area contributed by atoms with Gasteiger partial charge < -0.3 is 10.6 Å². The molecule has 9 heteroatoms. The van der Waals surface area contributed by atoms with Gasteiger partial charge in [-0.25, -0.2) is 4.90 Å². The van der Waals surface area contributed by atoms with Crippen LogP contribution in [0.3, 0.4) is 0 Å². The average Bonchev–Trinajstić information content (AvgIpc) is 3.00. The zero-order chi connectivity index (χ0) is 23.7. The summed E-state index contributed by atoms with van der Waals surface area (Å²) in [5.74, 6) is -1.58. The van der Waals surface area contributed by atoms with Crippen molar-refractivity contribution >= 4 is 69.6 Å². The fourth-order valence-electron chi connectivity index (χ4n) is 3.18. The van der Waals surface area contributed by atoms with E-state index in [2.05, 4.69) is 10.6 Å². The molecule has 1 aliphatic heterocycles. The number of nitrogens with one attached hydrogen (secondary N) is 2. The number of nitrogens with zero attached hydrogens (tertiary/aromatic N) is 1. The third-order valence-electron chi connectivity index (χ3n) is 4.94. The fraction of sp³-hybridized carbons (Fsp3) is 0.0417. The number of halogens is 3. The van der Waals surface area contributed by atoms with Gasteiger partial charge in [-0.2, -0.15) is 0 Å². The van der Waals surface area contributed by atoms with Crippen molar-refractivity contribution < 1.29 is 14.4 Å². The second-order valence-electron chi connectivity index (χ2n) is 7.24. The fourth-order valence-corrected chi connectivity index (χ4v) is 3.76. The Morgan fingerprint density at radius 1 is 0.848 bits per heavy atom. The van der Waals surface area contributed by atoms with E-state index in [1.54, 1.807) is 54.6 Å². The molecule has 166 valence electrons. The van der Waals surface area contributed by atoms with Crippen LogP contribution < -0.4 is 15.5 Å². The first-order valence-corrected chi connectivity index (χ1v) is 10.9. The summed E-state index contributed by atoms with van der Waals surface area (Å²) in [7, 11) is 0. The summed E-state index contributed by atoms with van der Waals surface area (Å²) in [4.78, 5) is 38.9. The van der Waals surface area contributed by atoms with Crippen molar-refractivity contribution in [3.63, 3.8) is 0 Å². The molecule has 0 aromatic heterocycles. The van der Waals surface area contributed by atoms with E-state index in [0.29, 0.717) is 32.7 Å². The Balaban J connectivity index is 1.48. The van der Waals surface area contributed by atoms with Gasteiger partial charge in [0.2, 0.25) is 0 Å². The molecule has 3 aromatic carbocycles. The predicted molar refractivity (Wildman–Crippen MR) is 131 cm³/mol. The van der Waals surface area contributed by atoms with E-state index in [0.717, 1.165) is 10.5 Å². The smallest absolute Gasteiger partial charge is 0.283 e. The van der Waals surface area contributed by atoms with Crippen LogP contribution in [-0.2, 0) is 9.59 Å². The van der Waals surface area contributed by atoms with Crippen molar-refractivity contribution in [2.24, 2.45) is 0 Å². The molecule has 0 unspecified atom stereocenters. The van der Waals surface area contributed by atoms with Crippen molar-refractivity contribution in [2.45, 2.75) is 6.92 Å². The SMILES string of the molecule is Cc1ccc(NC(=O)c2ccc(NC3=C(Cl)C(=O)N(c4cccc(Cl)c4)C3=O)cc2)cc1Cl. The Morgan fingerprint density at radius 2 is 1.55 bits per heavy atom. The maximum Gasteiger partial charge on any atom is 0.283 e. The zero-order valence-corrected chi connectivity index (χ0v) is 19.4. The van der Waals surface area contributed by atoms with Gasteiger partial charge in [0.05, 0.1) is 5.69 Å². The van der Waals surface area contributed by atoms with Gasteiger partial charge in [0.25, 0.3) is 17.7 Å². The molecule has 0 saturated carbocycles. The van der Waals surface area contributed by atoms with E-state index in [1.807, 2.05) is 13.0 Å². The quantitative estimate of drug-likeness (QED) is 0.422. The maximum atomic E-state index is 12.9. The first-order chi connectivity index (χ1) is 15.7. The lowest BCUT2D eigenvalue weighted by atomic mass is 10.1. The summed E-state index contributed by atoms with van der Waals surface area (Å²) in [5, 5.41) is 6.34. The van der Waals surface area contributed by atoms with Crippen LogP contribution in [0.15, 0.2) is 77.5 Å². The first kappa shape index (κ1) is 22.9. The van der Waals surface area contributed by atoms with Crippen molar-refractivity contribution in [3.8, 4) is 0 Å². The first-order valence-electron chi connectivity index (χ1n) is 9.73. The van der Waals surface area contributed by atoms with Crippen LogP contribution in [0, 0.1) is 6.92 Å². The van der Waals surface area contributed by atoms with Crippen LogP contribution >= 0.6 is 34.8 Å². The zero-order valence-electron chi connectivity index (χ0n) is 17.2. The molecule has 0 spiro atoms. The van der Waals surface area contributed by atoms with Gasteiger partial charge >= 0.3 is 0 Å². The Kier molecular flexibility index (Phi) is 6.42. The molecule has 0 aliphatic carbocycles. The van der Waals surface area contributed by atoms with Gasteiger partial charge in [0, 0.05) is 27.0 Å². The van der Waals surface area contributed by atoms with E-state index in [4.69, 9.17) is 34.8 Å². The molecule has 2 N–H and O–H groups in total. The Hall–Kier alpha value is -3.32. The van der Waals surface area contributed by atoms with Gasteiger partial charge in [0.1, 0.15) is 10.7 Å². The Morgan fingerprint density at radius 3 is 2.21 bits per heavy atom. The molecule has 0 radical (unpaired) electrons. The molecule has 0 atom stereocenters. The van der Waals surface area contributed by atoms with Crippen LogP contribution in [0.25, 0.3) is 0 Å². The number of imide groups is 1. The minimum absolute atomic E-state index is 0.0619. The number of carbonyl (C=O) groups excluding carboxylic acids is 3. The lowest BCUT2D eigenvalue weighted by Crippen LogP contribution is -2.32.